The molecule has 0 spiro atoms. The highest BCUT2D eigenvalue weighted by Gasteiger charge is 2.22. The molecule has 1 N–H and O–H groups in total. The predicted octanol–water partition coefficient (Wildman–Crippen LogP) is 1.38. The normalized spacial score (nSPS) is 16.9. The molecule has 7 heteroatoms. The second kappa shape index (κ2) is 9.47. The number of allylic oxidation sites excluding steroid dienone is 2. The molecule has 128 valence electrons. The maximum atomic E-state index is 12.1. The first-order chi connectivity index (χ1) is 10.8. The van der Waals surface area contributed by atoms with Crippen LogP contribution in [0.25, 0.3) is 0 Å². The van der Waals surface area contributed by atoms with Crippen LogP contribution < -0.4 is 5.32 Å². The van der Waals surface area contributed by atoms with Crippen molar-refractivity contribution < 1.29 is 9.59 Å². The number of rotatable bonds is 6. The zero-order chi connectivity index (χ0) is 17.4. The van der Waals surface area contributed by atoms with Gasteiger partial charge in [-0.05, 0) is 26.8 Å². The summed E-state index contributed by atoms with van der Waals surface area (Å²) in [6, 6.07) is 0.485. The molecule has 0 aromatic carbocycles. The van der Waals surface area contributed by atoms with Crippen LogP contribution >= 0.6 is 11.6 Å². The average Bonchev–Trinajstić information content (AvgIpc) is 2.51. The van der Waals surface area contributed by atoms with Crippen LogP contribution in [-0.2, 0) is 9.59 Å². The summed E-state index contributed by atoms with van der Waals surface area (Å²) in [7, 11) is 0. The molecule has 0 atom stereocenters. The zero-order valence-corrected chi connectivity index (χ0v) is 14.8. The SMILES string of the molecule is C=C(N=C/C=C(\C)Cl)C(=O)NCC(=O)N1CCN(C(C)C)CC1. The molecule has 1 rings (SSSR count). The summed E-state index contributed by atoms with van der Waals surface area (Å²) in [5.41, 5.74) is 0.0385. The van der Waals surface area contributed by atoms with Gasteiger partial charge >= 0.3 is 0 Å². The number of carbonyl (C=O) groups is 2. The van der Waals surface area contributed by atoms with Crippen LogP contribution in [-0.4, -0.2) is 66.6 Å². The number of carbonyl (C=O) groups excluding carboxylic acids is 2. The Morgan fingerprint density at radius 1 is 1.30 bits per heavy atom. The second-order valence-corrected chi connectivity index (χ2v) is 6.27. The van der Waals surface area contributed by atoms with Crippen molar-refractivity contribution in [3.63, 3.8) is 0 Å². The Hall–Kier alpha value is -1.66. The lowest BCUT2D eigenvalue weighted by atomic mass is 10.2. The van der Waals surface area contributed by atoms with Crippen LogP contribution in [0.4, 0.5) is 0 Å². The number of hydrogen-bond donors (Lipinski definition) is 1. The lowest BCUT2D eigenvalue weighted by Crippen LogP contribution is -2.52. The summed E-state index contributed by atoms with van der Waals surface area (Å²) in [5, 5.41) is 3.09. The van der Waals surface area contributed by atoms with E-state index in [2.05, 4.69) is 35.6 Å². The summed E-state index contributed by atoms with van der Waals surface area (Å²) >= 11 is 5.65. The Morgan fingerprint density at radius 3 is 2.43 bits per heavy atom. The number of amides is 2. The van der Waals surface area contributed by atoms with Gasteiger partial charge in [-0.1, -0.05) is 18.2 Å². The van der Waals surface area contributed by atoms with Crippen molar-refractivity contribution in [2.24, 2.45) is 4.99 Å². The second-order valence-electron chi connectivity index (χ2n) is 5.67. The lowest BCUT2D eigenvalue weighted by molar-refractivity contribution is -0.133. The molecule has 1 saturated heterocycles. The topological polar surface area (TPSA) is 65.0 Å². The molecule has 0 saturated carbocycles. The fourth-order valence-corrected chi connectivity index (χ4v) is 2.20. The highest BCUT2D eigenvalue weighted by atomic mass is 35.5. The van der Waals surface area contributed by atoms with Gasteiger partial charge in [-0.3, -0.25) is 19.5 Å². The number of halogens is 1. The monoisotopic (exact) mass is 340 g/mol. The van der Waals surface area contributed by atoms with Crippen LogP contribution in [0.15, 0.2) is 28.4 Å². The highest BCUT2D eigenvalue weighted by molar-refractivity contribution is 6.30. The van der Waals surface area contributed by atoms with Crippen LogP contribution in [0.5, 0.6) is 0 Å². The summed E-state index contributed by atoms with van der Waals surface area (Å²) < 4.78 is 0. The molecule has 0 radical (unpaired) electrons. The smallest absolute Gasteiger partial charge is 0.269 e. The molecular weight excluding hydrogens is 316 g/mol. The van der Waals surface area contributed by atoms with Gasteiger partial charge in [0.15, 0.2) is 0 Å². The van der Waals surface area contributed by atoms with Crippen LogP contribution in [0.3, 0.4) is 0 Å². The maximum Gasteiger partial charge on any atom is 0.269 e. The Kier molecular flexibility index (Phi) is 7.98. The Balaban J connectivity index is 2.36. The third-order valence-electron chi connectivity index (χ3n) is 3.59. The fraction of sp³-hybridized carbons (Fsp3) is 0.562. The van der Waals surface area contributed by atoms with E-state index in [1.807, 2.05) is 0 Å². The van der Waals surface area contributed by atoms with E-state index in [4.69, 9.17) is 11.6 Å². The van der Waals surface area contributed by atoms with Crippen molar-refractivity contribution in [3.8, 4) is 0 Å². The van der Waals surface area contributed by atoms with Crippen LogP contribution in [0.1, 0.15) is 20.8 Å². The fourth-order valence-electron chi connectivity index (χ4n) is 2.15. The summed E-state index contributed by atoms with van der Waals surface area (Å²) in [4.78, 5) is 31.8. The van der Waals surface area contributed by atoms with Crippen molar-refractivity contribution in [2.75, 3.05) is 32.7 Å². The van der Waals surface area contributed by atoms with E-state index in [-0.39, 0.29) is 18.1 Å². The van der Waals surface area contributed by atoms with Crippen molar-refractivity contribution in [1.29, 1.82) is 0 Å². The van der Waals surface area contributed by atoms with Gasteiger partial charge in [0.2, 0.25) is 5.91 Å². The molecule has 6 nitrogen and oxygen atoms in total. The molecule has 0 aliphatic carbocycles. The van der Waals surface area contributed by atoms with Crippen molar-refractivity contribution in [3.05, 3.63) is 23.4 Å². The molecule has 1 aliphatic heterocycles. The highest BCUT2D eigenvalue weighted by Crippen LogP contribution is 2.05. The minimum absolute atomic E-state index is 0.0385. The minimum Gasteiger partial charge on any atom is -0.342 e. The standard InChI is InChI=1S/C16H25ClN4O2/c1-12(2)20-7-9-21(10-8-20)15(22)11-19-16(23)14(4)18-6-5-13(3)17/h5-6,12H,4,7-11H2,1-3H3,(H,19,23)/b13-5+,18-6?. The molecule has 0 aromatic heterocycles. The number of aliphatic imine (C=N–C) groups is 1. The van der Waals surface area contributed by atoms with Gasteiger partial charge in [-0.2, -0.15) is 0 Å². The van der Waals surface area contributed by atoms with Gasteiger partial charge in [0.05, 0.1) is 6.54 Å². The molecule has 0 bridgehead atoms. The van der Waals surface area contributed by atoms with Gasteiger partial charge in [0.25, 0.3) is 5.91 Å². The predicted molar refractivity (Wildman–Crippen MR) is 93.5 cm³/mol. The lowest BCUT2D eigenvalue weighted by Gasteiger charge is -2.36. The van der Waals surface area contributed by atoms with Gasteiger partial charge in [0, 0.05) is 43.5 Å². The molecule has 0 unspecified atom stereocenters. The molecule has 1 fully saturated rings. The van der Waals surface area contributed by atoms with Crippen LogP contribution in [0, 0.1) is 0 Å². The maximum absolute atomic E-state index is 12.1. The number of nitrogens with one attached hydrogen (secondary N) is 1. The summed E-state index contributed by atoms with van der Waals surface area (Å²) in [6.45, 7) is 12.6. The third-order valence-corrected chi connectivity index (χ3v) is 3.72. The van der Waals surface area contributed by atoms with E-state index < -0.39 is 5.91 Å². The minimum atomic E-state index is -0.462. The summed E-state index contributed by atoms with van der Waals surface area (Å²) in [5.74, 6) is -0.550. The number of nitrogens with zero attached hydrogens (tertiary/aromatic N) is 3. The first kappa shape index (κ1) is 19.4. The van der Waals surface area contributed by atoms with Gasteiger partial charge in [0.1, 0.15) is 5.70 Å². The number of hydrogen-bond acceptors (Lipinski definition) is 4. The Bertz CT molecular complexity index is 502. The van der Waals surface area contributed by atoms with E-state index in [9.17, 15) is 9.59 Å². The first-order valence-corrected chi connectivity index (χ1v) is 8.04. The van der Waals surface area contributed by atoms with Gasteiger partial charge in [-0.25, -0.2) is 0 Å². The average molecular weight is 341 g/mol. The van der Waals surface area contributed by atoms with Crippen LogP contribution in [0.2, 0.25) is 0 Å². The summed E-state index contributed by atoms with van der Waals surface area (Å²) in [6.07, 6.45) is 2.95. The van der Waals surface area contributed by atoms with Crippen molar-refractivity contribution >= 4 is 29.6 Å². The largest absolute Gasteiger partial charge is 0.342 e. The quantitative estimate of drug-likeness (QED) is 0.587. The Labute approximate surface area is 142 Å². The van der Waals surface area contributed by atoms with Crippen molar-refractivity contribution in [1.82, 2.24) is 15.1 Å². The Morgan fingerprint density at radius 2 is 1.91 bits per heavy atom. The molecule has 1 heterocycles. The van der Waals surface area contributed by atoms with E-state index >= 15 is 0 Å². The van der Waals surface area contributed by atoms with Gasteiger partial charge < -0.3 is 10.2 Å². The van der Waals surface area contributed by atoms with E-state index in [0.29, 0.717) is 24.2 Å². The van der Waals surface area contributed by atoms with E-state index in [1.54, 1.807) is 17.9 Å². The zero-order valence-electron chi connectivity index (χ0n) is 14.0. The molecule has 2 amide bonds. The van der Waals surface area contributed by atoms with Crippen molar-refractivity contribution in [2.45, 2.75) is 26.8 Å². The molecule has 0 aromatic rings. The molecule has 1 aliphatic rings. The third kappa shape index (κ3) is 6.97. The van der Waals surface area contributed by atoms with Gasteiger partial charge in [-0.15, -0.1) is 0 Å². The molecular formula is C16H25ClN4O2. The van der Waals surface area contributed by atoms with E-state index in [0.717, 1.165) is 13.1 Å². The number of piperazine rings is 1. The van der Waals surface area contributed by atoms with E-state index in [1.165, 1.54) is 6.21 Å². The molecule has 23 heavy (non-hydrogen) atoms. The first-order valence-electron chi connectivity index (χ1n) is 7.66.